The van der Waals surface area contributed by atoms with Gasteiger partial charge < -0.3 is 9.47 Å². The van der Waals surface area contributed by atoms with Crippen LogP contribution >= 0.6 is 0 Å². The van der Waals surface area contributed by atoms with Crippen molar-refractivity contribution in [3.8, 4) is 5.75 Å². The van der Waals surface area contributed by atoms with Crippen molar-refractivity contribution in [3.05, 3.63) is 71.3 Å². The highest BCUT2D eigenvalue weighted by Crippen LogP contribution is 2.22. The van der Waals surface area contributed by atoms with Crippen LogP contribution in [0.15, 0.2) is 54.6 Å². The summed E-state index contributed by atoms with van der Waals surface area (Å²) >= 11 is 0. The van der Waals surface area contributed by atoms with Crippen LogP contribution in [0.25, 0.3) is 6.08 Å². The van der Waals surface area contributed by atoms with E-state index in [1.807, 2.05) is 0 Å². The van der Waals surface area contributed by atoms with Gasteiger partial charge in [0, 0.05) is 6.08 Å². The summed E-state index contributed by atoms with van der Waals surface area (Å²) in [6.45, 7) is 0.374. The molecule has 0 saturated heterocycles. The monoisotopic (exact) mass is 351 g/mol. The van der Waals surface area contributed by atoms with Crippen LogP contribution in [-0.2, 0) is 9.53 Å². The number of esters is 1. The lowest BCUT2D eigenvalue weighted by atomic mass is 10.1. The van der Waals surface area contributed by atoms with Crippen molar-refractivity contribution in [1.82, 2.24) is 4.90 Å². The highest BCUT2D eigenvalue weighted by molar-refractivity contribution is 6.21. The summed E-state index contributed by atoms with van der Waals surface area (Å²) in [5, 5.41) is 0. The topological polar surface area (TPSA) is 72.9 Å². The number of amides is 2. The molecule has 2 aromatic carbocycles. The molecule has 0 N–H and O–H groups in total. The number of hydrogen-bond acceptors (Lipinski definition) is 5. The van der Waals surface area contributed by atoms with E-state index in [9.17, 15) is 14.4 Å². The standard InChI is InChI=1S/C20H17NO5/c1-25-18(22)11-8-14-6-9-15(10-7-14)26-13-12-21-19(23)16-4-2-3-5-17(16)20(21)24/h2-11H,12-13H2,1H3. The molecule has 1 aliphatic heterocycles. The lowest BCUT2D eigenvalue weighted by molar-refractivity contribution is -0.134. The van der Waals surface area contributed by atoms with Gasteiger partial charge in [-0.05, 0) is 35.9 Å². The maximum atomic E-state index is 12.3. The second-order valence-electron chi connectivity index (χ2n) is 5.58. The Hall–Kier alpha value is -3.41. The van der Waals surface area contributed by atoms with Gasteiger partial charge in [-0.2, -0.15) is 0 Å². The maximum Gasteiger partial charge on any atom is 0.330 e. The fraction of sp³-hybridized carbons (Fsp3) is 0.150. The molecular formula is C20H17NO5. The van der Waals surface area contributed by atoms with E-state index in [0.717, 1.165) is 5.56 Å². The molecular weight excluding hydrogens is 334 g/mol. The van der Waals surface area contributed by atoms with E-state index in [1.54, 1.807) is 54.6 Å². The first-order valence-electron chi connectivity index (χ1n) is 8.04. The lowest BCUT2D eigenvalue weighted by Gasteiger charge is -2.14. The molecule has 0 spiro atoms. The molecule has 6 nitrogen and oxygen atoms in total. The second-order valence-corrected chi connectivity index (χ2v) is 5.58. The lowest BCUT2D eigenvalue weighted by Crippen LogP contribution is -2.33. The Morgan fingerprint density at radius 1 is 1.00 bits per heavy atom. The summed E-state index contributed by atoms with van der Waals surface area (Å²) in [4.78, 5) is 36.8. The van der Waals surface area contributed by atoms with Crippen molar-refractivity contribution in [3.63, 3.8) is 0 Å². The number of fused-ring (bicyclic) bond motifs is 1. The summed E-state index contributed by atoms with van der Waals surface area (Å²) in [6.07, 6.45) is 2.96. The molecule has 0 aromatic heterocycles. The second kappa shape index (κ2) is 7.65. The van der Waals surface area contributed by atoms with E-state index in [0.29, 0.717) is 16.9 Å². The number of methoxy groups -OCH3 is 1. The Labute approximate surface area is 150 Å². The average molecular weight is 351 g/mol. The van der Waals surface area contributed by atoms with Crippen LogP contribution < -0.4 is 4.74 Å². The number of hydrogen-bond donors (Lipinski definition) is 0. The van der Waals surface area contributed by atoms with Gasteiger partial charge in [-0.3, -0.25) is 14.5 Å². The van der Waals surface area contributed by atoms with Gasteiger partial charge >= 0.3 is 5.97 Å². The Kier molecular flexibility index (Phi) is 5.12. The minimum Gasteiger partial charge on any atom is -0.492 e. The third-order valence-corrected chi connectivity index (χ3v) is 3.95. The van der Waals surface area contributed by atoms with Crippen molar-refractivity contribution >= 4 is 23.9 Å². The van der Waals surface area contributed by atoms with Crippen molar-refractivity contribution in [2.24, 2.45) is 0 Å². The summed E-state index contributed by atoms with van der Waals surface area (Å²) in [5.41, 5.74) is 1.68. The van der Waals surface area contributed by atoms with Crippen LogP contribution in [0.3, 0.4) is 0 Å². The van der Waals surface area contributed by atoms with Gasteiger partial charge in [-0.15, -0.1) is 0 Å². The summed E-state index contributed by atoms with van der Waals surface area (Å²) < 4.78 is 10.1. The van der Waals surface area contributed by atoms with Gasteiger partial charge in [0.15, 0.2) is 0 Å². The Morgan fingerprint density at radius 2 is 1.62 bits per heavy atom. The highest BCUT2D eigenvalue weighted by atomic mass is 16.5. The molecule has 1 heterocycles. The van der Waals surface area contributed by atoms with Crippen LogP contribution in [0.2, 0.25) is 0 Å². The summed E-state index contributed by atoms with van der Waals surface area (Å²) in [7, 11) is 1.32. The molecule has 0 unspecified atom stereocenters. The minimum atomic E-state index is -0.425. The first kappa shape index (κ1) is 17.4. The van der Waals surface area contributed by atoms with E-state index in [4.69, 9.17) is 4.74 Å². The predicted molar refractivity (Wildman–Crippen MR) is 94.8 cm³/mol. The number of rotatable bonds is 6. The molecule has 0 atom stereocenters. The van der Waals surface area contributed by atoms with E-state index in [1.165, 1.54) is 18.1 Å². The largest absolute Gasteiger partial charge is 0.492 e. The number of imide groups is 1. The van der Waals surface area contributed by atoms with Crippen LogP contribution in [0.4, 0.5) is 0 Å². The number of benzene rings is 2. The minimum absolute atomic E-state index is 0.177. The van der Waals surface area contributed by atoms with Crippen LogP contribution in [0.5, 0.6) is 5.75 Å². The Balaban J connectivity index is 1.54. The summed E-state index contributed by atoms with van der Waals surface area (Å²) in [5.74, 6) is -0.405. The average Bonchev–Trinajstić information content (AvgIpc) is 2.92. The number of carbonyl (C=O) groups excluding carboxylic acids is 3. The number of ether oxygens (including phenoxy) is 2. The normalized spacial score (nSPS) is 13.2. The predicted octanol–water partition coefficient (Wildman–Crippen LogP) is 2.55. The molecule has 1 aliphatic rings. The Bertz CT molecular complexity index is 835. The van der Waals surface area contributed by atoms with Crippen molar-refractivity contribution < 1.29 is 23.9 Å². The molecule has 0 bridgehead atoms. The third-order valence-electron chi connectivity index (χ3n) is 3.95. The fourth-order valence-electron chi connectivity index (χ4n) is 2.60. The maximum absolute atomic E-state index is 12.3. The fourth-order valence-corrected chi connectivity index (χ4v) is 2.60. The molecule has 0 radical (unpaired) electrons. The van der Waals surface area contributed by atoms with E-state index in [-0.39, 0.29) is 25.0 Å². The molecule has 2 aromatic rings. The summed E-state index contributed by atoms with van der Waals surface area (Å²) in [6, 6.07) is 13.8. The van der Waals surface area contributed by atoms with E-state index >= 15 is 0 Å². The highest BCUT2D eigenvalue weighted by Gasteiger charge is 2.34. The molecule has 132 valence electrons. The zero-order valence-corrected chi connectivity index (χ0v) is 14.2. The zero-order chi connectivity index (χ0) is 18.5. The molecule has 0 fully saturated rings. The first-order chi connectivity index (χ1) is 12.6. The molecule has 6 heteroatoms. The van der Waals surface area contributed by atoms with Crippen molar-refractivity contribution in [1.29, 1.82) is 0 Å². The smallest absolute Gasteiger partial charge is 0.330 e. The van der Waals surface area contributed by atoms with Crippen LogP contribution in [-0.4, -0.2) is 42.9 Å². The number of carbonyl (C=O) groups is 3. The van der Waals surface area contributed by atoms with Gasteiger partial charge in [0.1, 0.15) is 12.4 Å². The quantitative estimate of drug-likeness (QED) is 0.454. The van der Waals surface area contributed by atoms with Crippen molar-refractivity contribution in [2.45, 2.75) is 0 Å². The van der Waals surface area contributed by atoms with Crippen LogP contribution in [0.1, 0.15) is 26.3 Å². The van der Waals surface area contributed by atoms with E-state index < -0.39 is 5.97 Å². The van der Waals surface area contributed by atoms with Gasteiger partial charge in [0.2, 0.25) is 0 Å². The van der Waals surface area contributed by atoms with Gasteiger partial charge in [0.25, 0.3) is 11.8 Å². The number of nitrogens with zero attached hydrogens (tertiary/aromatic N) is 1. The zero-order valence-electron chi connectivity index (χ0n) is 14.2. The first-order valence-corrected chi connectivity index (χ1v) is 8.04. The molecule has 0 aliphatic carbocycles. The Morgan fingerprint density at radius 3 is 2.19 bits per heavy atom. The van der Waals surface area contributed by atoms with Gasteiger partial charge in [0.05, 0.1) is 24.8 Å². The molecule has 26 heavy (non-hydrogen) atoms. The van der Waals surface area contributed by atoms with E-state index in [2.05, 4.69) is 4.74 Å². The molecule has 2 amide bonds. The molecule has 3 rings (SSSR count). The van der Waals surface area contributed by atoms with Gasteiger partial charge in [-0.1, -0.05) is 24.3 Å². The third kappa shape index (κ3) is 3.64. The molecule has 0 saturated carbocycles. The van der Waals surface area contributed by atoms with Crippen molar-refractivity contribution in [2.75, 3.05) is 20.3 Å². The van der Waals surface area contributed by atoms with Gasteiger partial charge in [-0.25, -0.2) is 4.79 Å². The van der Waals surface area contributed by atoms with Crippen LogP contribution in [0, 0.1) is 0 Å². The SMILES string of the molecule is COC(=O)C=Cc1ccc(OCCN2C(=O)c3ccccc3C2=O)cc1.